The molecule has 0 amide bonds. The van der Waals surface area contributed by atoms with E-state index < -0.39 is 0 Å². The summed E-state index contributed by atoms with van der Waals surface area (Å²) in [6.45, 7) is 8.84. The van der Waals surface area contributed by atoms with E-state index in [1.807, 2.05) is 12.1 Å². The quantitative estimate of drug-likeness (QED) is 0.867. The summed E-state index contributed by atoms with van der Waals surface area (Å²) < 4.78 is 0. The van der Waals surface area contributed by atoms with Crippen LogP contribution in [0.1, 0.15) is 38.3 Å². The first-order chi connectivity index (χ1) is 9.58. The van der Waals surface area contributed by atoms with Crippen molar-refractivity contribution in [3.63, 3.8) is 0 Å². The molecule has 0 saturated carbocycles. The fourth-order valence-electron chi connectivity index (χ4n) is 2.79. The minimum atomic E-state index is 0.407. The van der Waals surface area contributed by atoms with E-state index in [-0.39, 0.29) is 0 Å². The molecule has 2 rings (SSSR count). The second-order valence-electron chi connectivity index (χ2n) is 5.94. The minimum absolute atomic E-state index is 0.407. The van der Waals surface area contributed by atoms with Gasteiger partial charge in [-0.1, -0.05) is 43.1 Å². The molecule has 0 unspecified atom stereocenters. The Hall–Kier alpha value is -0.280. The Labute approximate surface area is 132 Å². The van der Waals surface area contributed by atoms with Crippen LogP contribution < -0.4 is 5.32 Å². The maximum atomic E-state index is 6.43. The lowest BCUT2D eigenvalue weighted by Gasteiger charge is -2.36. The van der Waals surface area contributed by atoms with Crippen molar-refractivity contribution in [2.75, 3.05) is 26.2 Å². The highest BCUT2D eigenvalue weighted by molar-refractivity contribution is 6.35. The van der Waals surface area contributed by atoms with Crippen molar-refractivity contribution >= 4 is 23.2 Å². The lowest BCUT2D eigenvalue weighted by atomic mass is 9.95. The number of rotatable bonds is 5. The Morgan fingerprint density at radius 1 is 1.15 bits per heavy atom. The molecule has 4 heteroatoms. The van der Waals surface area contributed by atoms with E-state index in [4.69, 9.17) is 23.2 Å². The zero-order valence-corrected chi connectivity index (χ0v) is 13.8. The highest BCUT2D eigenvalue weighted by Gasteiger charge is 2.24. The zero-order chi connectivity index (χ0) is 14.5. The highest BCUT2D eigenvalue weighted by Crippen LogP contribution is 2.34. The summed E-state index contributed by atoms with van der Waals surface area (Å²) >= 11 is 12.5. The van der Waals surface area contributed by atoms with Gasteiger partial charge in [-0.05, 0) is 36.5 Å². The van der Waals surface area contributed by atoms with Crippen LogP contribution in [0.2, 0.25) is 10.0 Å². The minimum Gasteiger partial charge on any atom is -0.314 e. The lowest BCUT2D eigenvalue weighted by molar-refractivity contribution is 0.160. The number of halogens is 2. The molecule has 1 atom stereocenters. The van der Waals surface area contributed by atoms with Crippen molar-refractivity contribution in [2.24, 2.45) is 5.92 Å². The molecule has 0 bridgehead atoms. The van der Waals surface area contributed by atoms with Crippen LogP contribution in [-0.4, -0.2) is 31.1 Å². The predicted octanol–water partition coefficient (Wildman–Crippen LogP) is 4.38. The zero-order valence-electron chi connectivity index (χ0n) is 12.3. The first-order valence-electron chi connectivity index (χ1n) is 7.47. The molecule has 0 radical (unpaired) electrons. The number of benzene rings is 1. The highest BCUT2D eigenvalue weighted by atomic mass is 35.5. The van der Waals surface area contributed by atoms with Crippen LogP contribution in [0.5, 0.6) is 0 Å². The summed E-state index contributed by atoms with van der Waals surface area (Å²) in [5.41, 5.74) is 1.22. The van der Waals surface area contributed by atoms with Gasteiger partial charge in [0.2, 0.25) is 0 Å². The summed E-state index contributed by atoms with van der Waals surface area (Å²) in [5.74, 6) is 0.714. The molecule has 1 aromatic rings. The Morgan fingerprint density at radius 3 is 2.45 bits per heavy atom. The predicted molar refractivity (Wildman–Crippen MR) is 87.7 cm³/mol. The van der Waals surface area contributed by atoms with Crippen molar-refractivity contribution in [3.05, 3.63) is 33.8 Å². The molecular weight excluding hydrogens is 291 g/mol. The molecule has 0 aliphatic carbocycles. The molecule has 1 N–H and O–H groups in total. The summed E-state index contributed by atoms with van der Waals surface area (Å²) in [6.07, 6.45) is 2.37. The monoisotopic (exact) mass is 314 g/mol. The number of hydrogen-bond acceptors (Lipinski definition) is 2. The topological polar surface area (TPSA) is 15.3 Å². The summed E-state index contributed by atoms with van der Waals surface area (Å²) in [7, 11) is 0. The smallest absolute Gasteiger partial charge is 0.0468 e. The van der Waals surface area contributed by atoms with Gasteiger partial charge in [0.1, 0.15) is 0 Å². The van der Waals surface area contributed by atoms with Crippen molar-refractivity contribution in [3.8, 4) is 0 Å². The van der Waals surface area contributed by atoms with Crippen LogP contribution in [0, 0.1) is 5.92 Å². The van der Waals surface area contributed by atoms with E-state index >= 15 is 0 Å². The van der Waals surface area contributed by atoms with Crippen LogP contribution in [-0.2, 0) is 0 Å². The van der Waals surface area contributed by atoms with Crippen molar-refractivity contribution < 1.29 is 0 Å². The second-order valence-corrected chi connectivity index (χ2v) is 6.78. The van der Waals surface area contributed by atoms with Gasteiger partial charge in [0.25, 0.3) is 0 Å². The van der Waals surface area contributed by atoms with Crippen LogP contribution in [0.3, 0.4) is 0 Å². The molecule has 1 saturated heterocycles. The standard InChI is InChI=1S/C16H24Cl2N2/c1-12(2)3-6-16(20-9-7-19-8-10-20)14-5-4-13(17)11-15(14)18/h4-5,11-12,16,19H,3,6-10H2,1-2H3/t16-/m0/s1. The number of nitrogens with one attached hydrogen (secondary N) is 1. The second kappa shape index (κ2) is 7.65. The molecule has 2 nitrogen and oxygen atoms in total. The van der Waals surface area contributed by atoms with Gasteiger partial charge in [-0.3, -0.25) is 4.90 Å². The number of piperazine rings is 1. The van der Waals surface area contributed by atoms with Crippen molar-refractivity contribution in [2.45, 2.75) is 32.7 Å². The largest absolute Gasteiger partial charge is 0.314 e. The van der Waals surface area contributed by atoms with Crippen LogP contribution >= 0.6 is 23.2 Å². The van der Waals surface area contributed by atoms with Crippen molar-refractivity contribution in [1.82, 2.24) is 10.2 Å². The lowest BCUT2D eigenvalue weighted by Crippen LogP contribution is -2.45. The Kier molecular flexibility index (Phi) is 6.16. The van der Waals surface area contributed by atoms with Gasteiger partial charge < -0.3 is 5.32 Å². The van der Waals surface area contributed by atoms with Crippen LogP contribution in [0.4, 0.5) is 0 Å². The third kappa shape index (κ3) is 4.36. The fourth-order valence-corrected chi connectivity index (χ4v) is 3.33. The van der Waals surface area contributed by atoms with Gasteiger partial charge in [0, 0.05) is 42.3 Å². The molecule has 1 aromatic carbocycles. The van der Waals surface area contributed by atoms with Crippen LogP contribution in [0.25, 0.3) is 0 Å². The molecule has 0 aromatic heterocycles. The first-order valence-corrected chi connectivity index (χ1v) is 8.23. The number of nitrogens with zero attached hydrogens (tertiary/aromatic N) is 1. The van der Waals surface area contributed by atoms with Crippen LogP contribution in [0.15, 0.2) is 18.2 Å². The SMILES string of the molecule is CC(C)CC[C@@H](c1ccc(Cl)cc1Cl)N1CCNCC1. The Balaban J connectivity index is 2.19. The van der Waals surface area contributed by atoms with E-state index in [0.29, 0.717) is 17.0 Å². The third-order valence-corrected chi connectivity index (χ3v) is 4.49. The normalized spacial score (nSPS) is 18.4. The maximum absolute atomic E-state index is 6.43. The van der Waals surface area contributed by atoms with Gasteiger partial charge in [-0.25, -0.2) is 0 Å². The van der Waals surface area contributed by atoms with Crippen molar-refractivity contribution in [1.29, 1.82) is 0 Å². The molecular formula is C16H24Cl2N2. The molecule has 0 spiro atoms. The summed E-state index contributed by atoms with van der Waals surface area (Å²) in [4.78, 5) is 2.55. The number of hydrogen-bond donors (Lipinski definition) is 1. The van der Waals surface area contributed by atoms with E-state index in [0.717, 1.165) is 37.6 Å². The van der Waals surface area contributed by atoms with E-state index in [1.165, 1.54) is 12.0 Å². The molecule has 1 aliphatic heterocycles. The average molecular weight is 315 g/mol. The van der Waals surface area contributed by atoms with E-state index in [2.05, 4.69) is 30.1 Å². The van der Waals surface area contributed by atoms with E-state index in [1.54, 1.807) is 0 Å². The van der Waals surface area contributed by atoms with E-state index in [9.17, 15) is 0 Å². The van der Waals surface area contributed by atoms with Gasteiger partial charge in [-0.15, -0.1) is 0 Å². The fraction of sp³-hybridized carbons (Fsp3) is 0.625. The molecule has 20 heavy (non-hydrogen) atoms. The van der Waals surface area contributed by atoms with Gasteiger partial charge in [0.05, 0.1) is 0 Å². The Morgan fingerprint density at radius 2 is 1.85 bits per heavy atom. The molecule has 1 heterocycles. The summed E-state index contributed by atoms with van der Waals surface area (Å²) in [5, 5.41) is 4.92. The van der Waals surface area contributed by atoms with Gasteiger partial charge in [-0.2, -0.15) is 0 Å². The molecule has 1 aliphatic rings. The maximum Gasteiger partial charge on any atom is 0.0468 e. The summed E-state index contributed by atoms with van der Waals surface area (Å²) in [6, 6.07) is 6.32. The Bertz CT molecular complexity index is 428. The molecule has 112 valence electrons. The average Bonchev–Trinajstić information content (AvgIpc) is 2.42. The van der Waals surface area contributed by atoms with Gasteiger partial charge >= 0.3 is 0 Å². The molecule has 1 fully saturated rings. The van der Waals surface area contributed by atoms with Gasteiger partial charge in [0.15, 0.2) is 0 Å². The first kappa shape index (κ1) is 16.1. The third-order valence-electron chi connectivity index (χ3n) is 3.93.